The first kappa shape index (κ1) is 19.6. The summed E-state index contributed by atoms with van der Waals surface area (Å²) in [6.45, 7) is 4.94. The number of nitrogens with zero attached hydrogens (tertiary/aromatic N) is 2. The van der Waals surface area contributed by atoms with Gasteiger partial charge in [-0.3, -0.25) is 9.59 Å². The topological polar surface area (TPSA) is 105 Å². The number of methoxy groups -OCH3 is 1. The largest absolute Gasteiger partial charge is 0.497 e. The summed E-state index contributed by atoms with van der Waals surface area (Å²) in [5, 5.41) is 2.46. The van der Waals surface area contributed by atoms with E-state index in [1.54, 1.807) is 12.0 Å². The summed E-state index contributed by atoms with van der Waals surface area (Å²) in [6.07, 6.45) is 0. The van der Waals surface area contributed by atoms with E-state index in [1.807, 2.05) is 38.1 Å². The maximum Gasteiger partial charge on any atom is 0.312 e. The van der Waals surface area contributed by atoms with Gasteiger partial charge in [-0.05, 0) is 23.6 Å². The standard InChI is InChI=1S/C18H26N4O4/c1-12(2)16(20-18(19)25)17(24)22-8-7-21(15(23)11-22)10-13-5-4-6-14(9-13)26-3/h4-6,9,12,16H,7-8,10-11H2,1-3H3,(H3,19,20,25). The predicted molar refractivity (Wildman–Crippen MR) is 96.3 cm³/mol. The van der Waals surface area contributed by atoms with E-state index < -0.39 is 12.1 Å². The molecule has 1 fully saturated rings. The second-order valence-electron chi connectivity index (χ2n) is 6.66. The number of hydrogen-bond donors (Lipinski definition) is 2. The van der Waals surface area contributed by atoms with E-state index in [0.717, 1.165) is 11.3 Å². The number of amides is 4. The van der Waals surface area contributed by atoms with Crippen LogP contribution in [0.4, 0.5) is 4.79 Å². The van der Waals surface area contributed by atoms with E-state index in [4.69, 9.17) is 10.5 Å². The predicted octanol–water partition coefficient (Wildman–Crippen LogP) is 0.559. The number of rotatable bonds is 6. The van der Waals surface area contributed by atoms with Crippen molar-refractivity contribution in [1.82, 2.24) is 15.1 Å². The molecule has 142 valence electrons. The van der Waals surface area contributed by atoms with Gasteiger partial charge in [0.05, 0.1) is 13.7 Å². The second kappa shape index (κ2) is 8.55. The van der Waals surface area contributed by atoms with Crippen LogP contribution in [0.15, 0.2) is 24.3 Å². The molecule has 0 bridgehead atoms. The molecule has 8 nitrogen and oxygen atoms in total. The fourth-order valence-electron chi connectivity index (χ4n) is 2.92. The van der Waals surface area contributed by atoms with E-state index in [0.29, 0.717) is 19.6 Å². The average molecular weight is 362 g/mol. The molecule has 4 amide bonds. The van der Waals surface area contributed by atoms with Gasteiger partial charge in [-0.15, -0.1) is 0 Å². The molecule has 1 saturated heterocycles. The highest BCUT2D eigenvalue weighted by molar-refractivity contribution is 5.91. The minimum atomic E-state index is -0.750. The summed E-state index contributed by atoms with van der Waals surface area (Å²) in [4.78, 5) is 39.4. The number of ether oxygens (including phenoxy) is 1. The lowest BCUT2D eigenvalue weighted by molar-refractivity contribution is -0.147. The molecule has 1 aromatic rings. The van der Waals surface area contributed by atoms with Crippen molar-refractivity contribution in [2.24, 2.45) is 11.7 Å². The minimum absolute atomic E-state index is 0.00748. The van der Waals surface area contributed by atoms with E-state index in [2.05, 4.69) is 5.32 Å². The Bertz CT molecular complexity index is 677. The average Bonchev–Trinajstić information content (AvgIpc) is 2.60. The van der Waals surface area contributed by atoms with Crippen LogP contribution in [0.2, 0.25) is 0 Å². The van der Waals surface area contributed by atoms with Gasteiger partial charge in [0.15, 0.2) is 0 Å². The first-order valence-electron chi connectivity index (χ1n) is 8.57. The van der Waals surface area contributed by atoms with Crippen molar-refractivity contribution in [2.75, 3.05) is 26.7 Å². The third kappa shape index (κ3) is 4.87. The molecular weight excluding hydrogens is 336 g/mol. The lowest BCUT2D eigenvalue weighted by atomic mass is 10.0. The Kier molecular flexibility index (Phi) is 6.43. The van der Waals surface area contributed by atoms with Gasteiger partial charge < -0.3 is 25.6 Å². The molecular formula is C18H26N4O4. The van der Waals surface area contributed by atoms with Gasteiger partial charge >= 0.3 is 6.03 Å². The highest BCUT2D eigenvalue weighted by Gasteiger charge is 2.33. The van der Waals surface area contributed by atoms with Crippen LogP contribution in [0.5, 0.6) is 5.75 Å². The van der Waals surface area contributed by atoms with Crippen molar-refractivity contribution in [3.05, 3.63) is 29.8 Å². The molecule has 1 heterocycles. The van der Waals surface area contributed by atoms with Gasteiger partial charge in [0.25, 0.3) is 0 Å². The Morgan fingerprint density at radius 2 is 2.04 bits per heavy atom. The normalized spacial score (nSPS) is 15.8. The van der Waals surface area contributed by atoms with Crippen molar-refractivity contribution >= 4 is 17.8 Å². The third-order valence-corrected chi connectivity index (χ3v) is 4.37. The number of primary amides is 1. The zero-order valence-electron chi connectivity index (χ0n) is 15.4. The molecule has 1 aromatic carbocycles. The molecule has 8 heteroatoms. The number of nitrogens with two attached hydrogens (primary N) is 1. The van der Waals surface area contributed by atoms with Gasteiger partial charge in [0.1, 0.15) is 11.8 Å². The lowest BCUT2D eigenvalue weighted by Crippen LogP contribution is -2.58. The highest BCUT2D eigenvalue weighted by Crippen LogP contribution is 2.16. The van der Waals surface area contributed by atoms with Crippen molar-refractivity contribution in [2.45, 2.75) is 26.4 Å². The lowest BCUT2D eigenvalue weighted by Gasteiger charge is -2.36. The minimum Gasteiger partial charge on any atom is -0.497 e. The molecule has 3 N–H and O–H groups in total. The second-order valence-corrected chi connectivity index (χ2v) is 6.66. The van der Waals surface area contributed by atoms with Crippen LogP contribution in [-0.4, -0.2) is 60.4 Å². The van der Waals surface area contributed by atoms with Gasteiger partial charge in [-0.25, -0.2) is 4.79 Å². The van der Waals surface area contributed by atoms with Crippen LogP contribution in [-0.2, 0) is 16.1 Å². The monoisotopic (exact) mass is 362 g/mol. The Labute approximate surface area is 153 Å². The van der Waals surface area contributed by atoms with E-state index >= 15 is 0 Å². The van der Waals surface area contributed by atoms with Crippen molar-refractivity contribution in [3.8, 4) is 5.75 Å². The summed E-state index contributed by atoms with van der Waals surface area (Å²) in [5.74, 6) is 0.197. The van der Waals surface area contributed by atoms with E-state index in [-0.39, 0.29) is 24.3 Å². The Balaban J connectivity index is 1.99. The molecule has 0 radical (unpaired) electrons. The molecule has 2 rings (SSSR count). The molecule has 0 spiro atoms. The number of nitrogens with one attached hydrogen (secondary N) is 1. The fourth-order valence-corrected chi connectivity index (χ4v) is 2.92. The SMILES string of the molecule is COc1cccc(CN2CCN(C(=O)C(NC(N)=O)C(C)C)CC2=O)c1. The molecule has 26 heavy (non-hydrogen) atoms. The van der Waals surface area contributed by atoms with E-state index in [9.17, 15) is 14.4 Å². The maximum atomic E-state index is 12.6. The molecule has 1 aliphatic rings. The molecule has 0 saturated carbocycles. The van der Waals surface area contributed by atoms with Gasteiger partial charge in [0, 0.05) is 19.6 Å². The number of urea groups is 1. The molecule has 1 unspecified atom stereocenters. The smallest absolute Gasteiger partial charge is 0.312 e. The van der Waals surface area contributed by atoms with E-state index in [1.165, 1.54) is 4.90 Å². The molecule has 1 aliphatic heterocycles. The summed E-state index contributed by atoms with van der Waals surface area (Å²) in [7, 11) is 1.60. The number of piperazine rings is 1. The quantitative estimate of drug-likeness (QED) is 0.771. The Morgan fingerprint density at radius 1 is 1.31 bits per heavy atom. The summed E-state index contributed by atoms with van der Waals surface area (Å²) in [6, 6.07) is 6.06. The van der Waals surface area contributed by atoms with Crippen molar-refractivity contribution < 1.29 is 19.1 Å². The Morgan fingerprint density at radius 3 is 2.62 bits per heavy atom. The zero-order chi connectivity index (χ0) is 19.3. The van der Waals surface area contributed by atoms with Crippen LogP contribution >= 0.6 is 0 Å². The molecule has 0 aliphatic carbocycles. The van der Waals surface area contributed by atoms with Gasteiger partial charge in [0.2, 0.25) is 11.8 Å². The third-order valence-electron chi connectivity index (χ3n) is 4.37. The molecule has 1 atom stereocenters. The first-order chi connectivity index (χ1) is 12.3. The van der Waals surface area contributed by atoms with Crippen LogP contribution in [0.3, 0.4) is 0 Å². The number of carbonyl (C=O) groups is 3. The van der Waals surface area contributed by atoms with Gasteiger partial charge in [-0.2, -0.15) is 0 Å². The van der Waals surface area contributed by atoms with Crippen LogP contribution in [0, 0.1) is 5.92 Å². The van der Waals surface area contributed by atoms with Gasteiger partial charge in [-0.1, -0.05) is 26.0 Å². The number of hydrogen-bond acceptors (Lipinski definition) is 4. The number of benzene rings is 1. The molecule has 0 aromatic heterocycles. The van der Waals surface area contributed by atoms with Crippen molar-refractivity contribution in [3.63, 3.8) is 0 Å². The van der Waals surface area contributed by atoms with Crippen LogP contribution < -0.4 is 15.8 Å². The number of carbonyl (C=O) groups excluding carboxylic acids is 3. The maximum absolute atomic E-state index is 12.6. The summed E-state index contributed by atoms with van der Waals surface area (Å²) >= 11 is 0. The van der Waals surface area contributed by atoms with Crippen LogP contribution in [0.25, 0.3) is 0 Å². The highest BCUT2D eigenvalue weighted by atomic mass is 16.5. The van der Waals surface area contributed by atoms with Crippen molar-refractivity contribution in [1.29, 1.82) is 0 Å². The Hall–Kier alpha value is -2.77. The van der Waals surface area contributed by atoms with Crippen LogP contribution in [0.1, 0.15) is 19.4 Å². The summed E-state index contributed by atoms with van der Waals surface area (Å²) in [5.41, 5.74) is 6.12. The fraction of sp³-hybridized carbons (Fsp3) is 0.500. The zero-order valence-corrected chi connectivity index (χ0v) is 15.4. The summed E-state index contributed by atoms with van der Waals surface area (Å²) < 4.78 is 5.20. The first-order valence-corrected chi connectivity index (χ1v) is 8.57.